The zero-order valence-corrected chi connectivity index (χ0v) is 13.9. The van der Waals surface area contributed by atoms with Crippen molar-refractivity contribution in [3.63, 3.8) is 0 Å². The smallest absolute Gasteiger partial charge is 0.246 e. The molecule has 0 spiro atoms. The summed E-state index contributed by atoms with van der Waals surface area (Å²) in [6.07, 6.45) is 2.99. The third-order valence-corrected chi connectivity index (χ3v) is 4.04. The zero-order chi connectivity index (χ0) is 16.3. The maximum absolute atomic E-state index is 12.1. The lowest BCUT2D eigenvalue weighted by Crippen LogP contribution is -2.36. The van der Waals surface area contributed by atoms with Crippen molar-refractivity contribution in [2.24, 2.45) is 7.05 Å². The number of nitrogens with zero attached hydrogens (tertiary/aromatic N) is 4. The molecule has 1 atom stereocenters. The third-order valence-electron chi connectivity index (χ3n) is 4.04. The number of allylic oxidation sites excluding steroid dienone is 1. The van der Waals surface area contributed by atoms with E-state index >= 15 is 0 Å². The Hall–Kier alpha value is -1.66. The van der Waals surface area contributed by atoms with Gasteiger partial charge in [-0.25, -0.2) is 0 Å². The van der Waals surface area contributed by atoms with Gasteiger partial charge in [-0.15, -0.1) is 0 Å². The first-order valence-corrected chi connectivity index (χ1v) is 7.68. The van der Waals surface area contributed by atoms with Crippen LogP contribution < -0.4 is 0 Å². The van der Waals surface area contributed by atoms with Crippen molar-refractivity contribution < 1.29 is 9.90 Å². The number of hydrogen-bond donors (Lipinski definition) is 1. The van der Waals surface area contributed by atoms with Crippen molar-refractivity contribution in [3.05, 3.63) is 29.1 Å². The van der Waals surface area contributed by atoms with Crippen molar-refractivity contribution in [1.29, 1.82) is 0 Å². The van der Waals surface area contributed by atoms with E-state index in [9.17, 15) is 9.90 Å². The van der Waals surface area contributed by atoms with E-state index in [1.165, 1.54) is 5.56 Å². The van der Waals surface area contributed by atoms with Gasteiger partial charge in [-0.1, -0.05) is 5.57 Å². The molecule has 2 rings (SSSR count). The number of β-amino-alcohol motifs (C(OH)–C–C–N with tert-alkyl or cyclic N) is 1. The first kappa shape index (κ1) is 16.7. The average Bonchev–Trinajstić information content (AvgIpc) is 2.64. The van der Waals surface area contributed by atoms with E-state index in [4.69, 9.17) is 0 Å². The molecule has 0 bridgehead atoms. The van der Waals surface area contributed by atoms with Gasteiger partial charge in [0.05, 0.1) is 12.3 Å². The second kappa shape index (κ2) is 7.07. The molecule has 1 aromatic rings. The molecule has 1 aliphatic rings. The Bertz CT molecular complexity index is 560. The largest absolute Gasteiger partial charge is 0.390 e. The number of rotatable bonds is 3. The van der Waals surface area contributed by atoms with Crippen molar-refractivity contribution in [1.82, 2.24) is 19.6 Å². The summed E-state index contributed by atoms with van der Waals surface area (Å²) in [4.78, 5) is 16.1. The third kappa shape index (κ3) is 4.18. The number of carbonyl (C=O) groups is 1. The molecule has 6 nitrogen and oxygen atoms in total. The maximum atomic E-state index is 12.1. The highest BCUT2D eigenvalue weighted by molar-refractivity contribution is 5.88. The molecule has 1 aromatic heterocycles. The Morgan fingerprint density at radius 2 is 2.14 bits per heavy atom. The van der Waals surface area contributed by atoms with Crippen LogP contribution in [0, 0.1) is 6.92 Å². The molecule has 0 saturated carbocycles. The first-order chi connectivity index (χ1) is 10.4. The van der Waals surface area contributed by atoms with Crippen LogP contribution in [0.2, 0.25) is 0 Å². The highest BCUT2D eigenvalue weighted by atomic mass is 16.3. The normalized spacial score (nSPS) is 19.9. The van der Waals surface area contributed by atoms with Crippen molar-refractivity contribution in [2.75, 3.05) is 26.2 Å². The summed E-state index contributed by atoms with van der Waals surface area (Å²) in [5, 5.41) is 14.4. The van der Waals surface area contributed by atoms with Crippen LogP contribution in [-0.2, 0) is 18.4 Å². The molecule has 6 heteroatoms. The number of aliphatic hydroxyl groups excluding tert-OH is 1. The minimum atomic E-state index is -0.519. The Balaban J connectivity index is 2.01. The predicted molar refractivity (Wildman–Crippen MR) is 85.2 cm³/mol. The van der Waals surface area contributed by atoms with E-state index in [0.717, 1.165) is 24.4 Å². The van der Waals surface area contributed by atoms with E-state index in [1.807, 2.05) is 38.7 Å². The summed E-state index contributed by atoms with van der Waals surface area (Å²) in [7, 11) is 1.93. The lowest BCUT2D eigenvalue weighted by atomic mass is 10.2. The SMILES string of the molecule is CC(C)=CC(=O)N1CCN(Cc2cnn(C)c2C)C[C@@H](O)C1. The van der Waals surface area contributed by atoms with Crippen LogP contribution in [0.5, 0.6) is 0 Å². The highest BCUT2D eigenvalue weighted by Gasteiger charge is 2.24. The number of hydrogen-bond acceptors (Lipinski definition) is 4. The van der Waals surface area contributed by atoms with Gasteiger partial charge in [0.2, 0.25) is 5.91 Å². The topological polar surface area (TPSA) is 61.6 Å². The van der Waals surface area contributed by atoms with E-state index in [2.05, 4.69) is 10.00 Å². The van der Waals surface area contributed by atoms with Crippen LogP contribution in [0.15, 0.2) is 17.8 Å². The van der Waals surface area contributed by atoms with Gasteiger partial charge in [-0.2, -0.15) is 5.10 Å². The van der Waals surface area contributed by atoms with Gasteiger partial charge in [-0.3, -0.25) is 14.4 Å². The highest BCUT2D eigenvalue weighted by Crippen LogP contribution is 2.13. The molecule has 1 amide bonds. The van der Waals surface area contributed by atoms with Gasteiger partial charge in [0.15, 0.2) is 0 Å². The molecule has 22 heavy (non-hydrogen) atoms. The van der Waals surface area contributed by atoms with Crippen LogP contribution in [0.3, 0.4) is 0 Å². The first-order valence-electron chi connectivity index (χ1n) is 7.68. The van der Waals surface area contributed by atoms with Crippen LogP contribution in [0.25, 0.3) is 0 Å². The lowest BCUT2D eigenvalue weighted by molar-refractivity contribution is -0.126. The van der Waals surface area contributed by atoms with Crippen LogP contribution >= 0.6 is 0 Å². The molecule has 1 aliphatic heterocycles. The van der Waals surface area contributed by atoms with Gasteiger partial charge in [0.25, 0.3) is 0 Å². The van der Waals surface area contributed by atoms with Gasteiger partial charge < -0.3 is 10.0 Å². The quantitative estimate of drug-likeness (QED) is 0.835. The van der Waals surface area contributed by atoms with Gasteiger partial charge >= 0.3 is 0 Å². The summed E-state index contributed by atoms with van der Waals surface area (Å²) in [5.74, 6) is -0.0153. The number of amides is 1. The molecular formula is C16H26N4O2. The van der Waals surface area contributed by atoms with Gasteiger partial charge in [0, 0.05) is 57.1 Å². The van der Waals surface area contributed by atoms with Crippen LogP contribution in [-0.4, -0.2) is 62.9 Å². The standard InChI is InChI=1S/C16H26N4O2/c1-12(2)7-16(22)20-6-5-19(10-15(21)11-20)9-14-8-17-18(4)13(14)3/h7-8,15,21H,5-6,9-11H2,1-4H3/t15-/m1/s1. The molecule has 0 aliphatic carbocycles. The maximum Gasteiger partial charge on any atom is 0.246 e. The molecule has 0 aromatic carbocycles. The number of carbonyl (C=O) groups excluding carboxylic acids is 1. The molecule has 1 fully saturated rings. The average molecular weight is 306 g/mol. The Labute approximate surface area is 132 Å². The van der Waals surface area contributed by atoms with E-state index in [-0.39, 0.29) is 5.91 Å². The summed E-state index contributed by atoms with van der Waals surface area (Å²) in [6.45, 7) is 8.97. The monoisotopic (exact) mass is 306 g/mol. The summed E-state index contributed by atoms with van der Waals surface area (Å²) in [5.41, 5.74) is 3.28. The molecule has 2 heterocycles. The Kier molecular flexibility index (Phi) is 5.37. The fourth-order valence-corrected chi connectivity index (χ4v) is 2.68. The van der Waals surface area contributed by atoms with Crippen molar-refractivity contribution >= 4 is 5.91 Å². The van der Waals surface area contributed by atoms with E-state index in [1.54, 1.807) is 11.0 Å². The molecule has 0 unspecified atom stereocenters. The van der Waals surface area contributed by atoms with E-state index < -0.39 is 6.10 Å². The number of aliphatic hydroxyl groups is 1. The minimum absolute atomic E-state index is 0.0153. The Morgan fingerprint density at radius 1 is 1.41 bits per heavy atom. The minimum Gasteiger partial charge on any atom is -0.390 e. The molecule has 0 radical (unpaired) electrons. The fraction of sp³-hybridized carbons (Fsp3) is 0.625. The molecular weight excluding hydrogens is 280 g/mol. The Morgan fingerprint density at radius 3 is 2.73 bits per heavy atom. The van der Waals surface area contributed by atoms with Gasteiger partial charge in [-0.05, 0) is 20.8 Å². The molecule has 1 saturated heterocycles. The number of aryl methyl sites for hydroxylation is 1. The van der Waals surface area contributed by atoms with Gasteiger partial charge in [0.1, 0.15) is 0 Å². The summed E-state index contributed by atoms with van der Waals surface area (Å²) in [6, 6.07) is 0. The molecule has 122 valence electrons. The second-order valence-electron chi connectivity index (χ2n) is 6.27. The fourth-order valence-electron chi connectivity index (χ4n) is 2.68. The molecule has 1 N–H and O–H groups in total. The van der Waals surface area contributed by atoms with Crippen molar-refractivity contribution in [2.45, 2.75) is 33.4 Å². The van der Waals surface area contributed by atoms with Crippen LogP contribution in [0.1, 0.15) is 25.1 Å². The predicted octanol–water partition coefficient (Wildman–Crippen LogP) is 0.700. The van der Waals surface area contributed by atoms with Crippen LogP contribution in [0.4, 0.5) is 0 Å². The zero-order valence-electron chi connectivity index (χ0n) is 13.9. The lowest BCUT2D eigenvalue weighted by Gasteiger charge is -2.21. The summed E-state index contributed by atoms with van der Waals surface area (Å²) >= 11 is 0. The number of aromatic nitrogens is 2. The van der Waals surface area contributed by atoms with E-state index in [0.29, 0.717) is 19.6 Å². The second-order valence-corrected chi connectivity index (χ2v) is 6.27. The van der Waals surface area contributed by atoms with Crippen molar-refractivity contribution in [3.8, 4) is 0 Å². The summed E-state index contributed by atoms with van der Waals surface area (Å²) < 4.78 is 1.86.